The van der Waals surface area contributed by atoms with Crippen molar-refractivity contribution in [2.24, 2.45) is 10.9 Å². The lowest BCUT2D eigenvalue weighted by Crippen LogP contribution is -2.00. The van der Waals surface area contributed by atoms with Crippen molar-refractivity contribution in [3.63, 3.8) is 0 Å². The summed E-state index contributed by atoms with van der Waals surface area (Å²) in [6.07, 6.45) is 12.5. The predicted octanol–water partition coefficient (Wildman–Crippen LogP) is 5.35. The second kappa shape index (κ2) is 5.75. The Bertz CT molecular complexity index is 468. The smallest absolute Gasteiger partial charge is 0.0768 e. The third-order valence-corrected chi connectivity index (χ3v) is 5.07. The first-order chi connectivity index (χ1) is 8.93. The molecule has 0 radical (unpaired) electrons. The summed E-state index contributed by atoms with van der Waals surface area (Å²) in [5.74, 6) is 0.759. The summed E-state index contributed by atoms with van der Waals surface area (Å²) in [6, 6.07) is 8.46. The van der Waals surface area contributed by atoms with Crippen LogP contribution in [0.4, 0.5) is 5.69 Å². The molecule has 1 aromatic carbocycles. The van der Waals surface area contributed by atoms with Crippen LogP contribution in [0.25, 0.3) is 0 Å². The summed E-state index contributed by atoms with van der Waals surface area (Å²) in [6.45, 7) is 0. The number of hydrogen-bond acceptors (Lipinski definition) is 2. The van der Waals surface area contributed by atoms with E-state index in [0.29, 0.717) is 0 Å². The van der Waals surface area contributed by atoms with E-state index in [-0.39, 0.29) is 0 Å². The number of para-hydroxylation sites is 1. The number of rotatable bonds is 1. The number of allylic oxidation sites excluding steroid dienone is 2. The van der Waals surface area contributed by atoms with Crippen molar-refractivity contribution in [2.75, 3.05) is 0 Å². The van der Waals surface area contributed by atoms with Gasteiger partial charge in [0.1, 0.15) is 0 Å². The largest absolute Gasteiger partial charge is 0.256 e. The van der Waals surface area contributed by atoms with Crippen LogP contribution in [-0.2, 0) is 0 Å². The van der Waals surface area contributed by atoms with Crippen LogP contribution in [0.3, 0.4) is 0 Å². The summed E-state index contributed by atoms with van der Waals surface area (Å²) >= 11 is 1.93. The lowest BCUT2D eigenvalue weighted by molar-refractivity contribution is 0.552. The van der Waals surface area contributed by atoms with Crippen LogP contribution in [-0.4, -0.2) is 6.21 Å². The van der Waals surface area contributed by atoms with Crippen molar-refractivity contribution in [1.82, 2.24) is 0 Å². The Morgan fingerprint density at radius 1 is 1.00 bits per heavy atom. The molecule has 1 heterocycles. The average molecular weight is 257 g/mol. The van der Waals surface area contributed by atoms with E-state index in [1.165, 1.54) is 48.3 Å². The topological polar surface area (TPSA) is 12.4 Å². The summed E-state index contributed by atoms with van der Waals surface area (Å²) in [7, 11) is 0. The highest BCUT2D eigenvalue weighted by molar-refractivity contribution is 8.03. The molecule has 1 aliphatic heterocycles. The van der Waals surface area contributed by atoms with Crippen molar-refractivity contribution in [1.29, 1.82) is 0 Å². The Hall–Kier alpha value is -1.02. The number of aliphatic imine (C=N–C) groups is 1. The maximum Gasteiger partial charge on any atom is 0.0768 e. The molecule has 1 aromatic rings. The van der Waals surface area contributed by atoms with Crippen LogP contribution in [0.15, 0.2) is 45.1 Å². The van der Waals surface area contributed by atoms with Crippen molar-refractivity contribution in [2.45, 2.75) is 43.4 Å². The van der Waals surface area contributed by atoms with Gasteiger partial charge in [-0.05, 0) is 41.9 Å². The number of nitrogens with zero attached hydrogens (tertiary/aromatic N) is 1. The normalized spacial score (nSPS) is 20.8. The fourth-order valence-electron chi connectivity index (χ4n) is 2.79. The van der Waals surface area contributed by atoms with Gasteiger partial charge in [-0.3, -0.25) is 4.99 Å². The molecule has 1 saturated carbocycles. The molecule has 94 valence electrons. The molecular weight excluding hydrogens is 238 g/mol. The van der Waals surface area contributed by atoms with Gasteiger partial charge >= 0.3 is 0 Å². The number of thioether (sulfide) groups is 1. The number of benzene rings is 1. The first kappa shape index (κ1) is 12.0. The van der Waals surface area contributed by atoms with Crippen LogP contribution < -0.4 is 0 Å². The van der Waals surface area contributed by atoms with E-state index in [1.54, 1.807) is 0 Å². The Morgan fingerprint density at radius 2 is 1.78 bits per heavy atom. The van der Waals surface area contributed by atoms with Crippen molar-refractivity contribution in [3.05, 3.63) is 35.2 Å². The zero-order valence-electron chi connectivity index (χ0n) is 10.6. The SMILES string of the molecule is C1=Nc2ccccc2SC(C2CCCCCC2)=C1. The molecule has 2 aliphatic rings. The first-order valence-electron chi connectivity index (χ1n) is 6.94. The third kappa shape index (κ3) is 2.69. The maximum atomic E-state index is 4.53. The van der Waals surface area contributed by atoms with E-state index in [1.807, 2.05) is 18.0 Å². The van der Waals surface area contributed by atoms with Crippen molar-refractivity contribution < 1.29 is 0 Å². The maximum absolute atomic E-state index is 4.53. The van der Waals surface area contributed by atoms with Crippen molar-refractivity contribution in [3.8, 4) is 0 Å². The Balaban J connectivity index is 1.82. The van der Waals surface area contributed by atoms with E-state index >= 15 is 0 Å². The fraction of sp³-hybridized carbons (Fsp3) is 0.438. The van der Waals surface area contributed by atoms with Crippen LogP contribution >= 0.6 is 11.8 Å². The van der Waals surface area contributed by atoms with Crippen LogP contribution in [0, 0.1) is 5.92 Å². The second-order valence-electron chi connectivity index (χ2n) is 5.11. The Morgan fingerprint density at radius 3 is 2.61 bits per heavy atom. The molecule has 2 heteroatoms. The van der Waals surface area contributed by atoms with Crippen LogP contribution in [0.2, 0.25) is 0 Å². The van der Waals surface area contributed by atoms with Gasteiger partial charge < -0.3 is 0 Å². The monoisotopic (exact) mass is 257 g/mol. The first-order valence-corrected chi connectivity index (χ1v) is 7.76. The molecule has 3 rings (SSSR count). The lowest BCUT2D eigenvalue weighted by Gasteiger charge is -2.17. The molecule has 0 spiro atoms. The molecule has 1 aliphatic carbocycles. The molecule has 0 aromatic heterocycles. The zero-order chi connectivity index (χ0) is 12.2. The summed E-state index contributed by atoms with van der Waals surface area (Å²) in [4.78, 5) is 7.36. The molecule has 0 saturated heterocycles. The van der Waals surface area contributed by atoms with Gasteiger partial charge in [0.05, 0.1) is 5.69 Å². The minimum atomic E-state index is 0.759. The second-order valence-corrected chi connectivity index (χ2v) is 6.22. The minimum absolute atomic E-state index is 0.759. The summed E-state index contributed by atoms with van der Waals surface area (Å²) in [5, 5.41) is 0. The third-order valence-electron chi connectivity index (χ3n) is 3.80. The van der Waals surface area contributed by atoms with Gasteiger partial charge in [-0.15, -0.1) is 0 Å². The van der Waals surface area contributed by atoms with E-state index in [4.69, 9.17) is 0 Å². The molecule has 0 atom stereocenters. The minimum Gasteiger partial charge on any atom is -0.256 e. The number of fused-ring (bicyclic) bond motifs is 1. The van der Waals surface area contributed by atoms with Gasteiger partial charge in [0.25, 0.3) is 0 Å². The lowest BCUT2D eigenvalue weighted by atomic mass is 10.00. The molecule has 0 unspecified atom stereocenters. The van der Waals surface area contributed by atoms with E-state index < -0.39 is 0 Å². The fourth-order valence-corrected chi connectivity index (χ4v) is 3.94. The van der Waals surface area contributed by atoms with Gasteiger partial charge in [-0.25, -0.2) is 0 Å². The van der Waals surface area contributed by atoms with Gasteiger partial charge in [-0.2, -0.15) is 0 Å². The van der Waals surface area contributed by atoms with Crippen LogP contribution in [0.5, 0.6) is 0 Å². The molecular formula is C16H19NS. The molecule has 0 N–H and O–H groups in total. The van der Waals surface area contributed by atoms with Gasteiger partial charge in [-0.1, -0.05) is 49.6 Å². The molecule has 0 amide bonds. The highest BCUT2D eigenvalue weighted by atomic mass is 32.2. The highest BCUT2D eigenvalue weighted by Gasteiger charge is 2.19. The standard InChI is InChI=1S/C16H19NS/c1-2-4-8-13(7-3-1)15-11-12-17-14-9-5-6-10-16(14)18-15/h5-6,9-13H,1-4,7-8H2. The van der Waals surface area contributed by atoms with Crippen LogP contribution in [0.1, 0.15) is 38.5 Å². The quantitative estimate of drug-likeness (QED) is 0.618. The van der Waals surface area contributed by atoms with Gasteiger partial charge in [0.15, 0.2) is 0 Å². The molecule has 18 heavy (non-hydrogen) atoms. The Labute approximate surface area is 113 Å². The van der Waals surface area contributed by atoms with Crippen molar-refractivity contribution >= 4 is 23.7 Å². The summed E-state index contributed by atoms with van der Waals surface area (Å²) < 4.78 is 0. The Kier molecular flexibility index (Phi) is 3.84. The molecule has 1 fully saturated rings. The zero-order valence-corrected chi connectivity index (χ0v) is 11.5. The van der Waals surface area contributed by atoms with E-state index in [2.05, 4.69) is 35.3 Å². The van der Waals surface area contributed by atoms with E-state index in [0.717, 1.165) is 11.6 Å². The van der Waals surface area contributed by atoms with E-state index in [9.17, 15) is 0 Å². The van der Waals surface area contributed by atoms with Gasteiger partial charge in [0.2, 0.25) is 0 Å². The van der Waals surface area contributed by atoms with Gasteiger partial charge in [0, 0.05) is 11.1 Å². The highest BCUT2D eigenvalue weighted by Crippen LogP contribution is 2.42. The average Bonchev–Trinajstić information content (AvgIpc) is 2.79. The summed E-state index contributed by atoms with van der Waals surface area (Å²) in [5.41, 5.74) is 1.11. The molecule has 1 nitrogen and oxygen atoms in total. The molecule has 0 bridgehead atoms. The number of hydrogen-bond donors (Lipinski definition) is 0. The predicted molar refractivity (Wildman–Crippen MR) is 79.7 cm³/mol.